The third kappa shape index (κ3) is 9.94. The van der Waals surface area contributed by atoms with Gasteiger partial charge in [0, 0.05) is 65.4 Å². The second kappa shape index (κ2) is 10.7. The summed E-state index contributed by atoms with van der Waals surface area (Å²) in [5.74, 6) is 12.6. The summed E-state index contributed by atoms with van der Waals surface area (Å²) in [5.41, 5.74) is 0.771. The van der Waals surface area contributed by atoms with Crippen molar-refractivity contribution in [1.82, 2.24) is 19.6 Å². The second-order valence-corrected chi connectivity index (χ2v) is 10.8. The van der Waals surface area contributed by atoms with Crippen molar-refractivity contribution in [1.29, 1.82) is 0 Å². The van der Waals surface area contributed by atoms with Crippen LogP contribution in [0.2, 0.25) is 0 Å². The molecule has 2 aliphatic rings. The Morgan fingerprint density at radius 3 is 1.07 bits per heavy atom. The zero-order chi connectivity index (χ0) is 20.6. The third-order valence-corrected chi connectivity index (χ3v) is 5.17. The molecule has 0 aliphatic carbocycles. The summed E-state index contributed by atoms with van der Waals surface area (Å²) in [7, 11) is 0. The van der Waals surface area contributed by atoms with E-state index >= 15 is 0 Å². The Balaban J connectivity index is 1.59. The number of piperazine rings is 2. The van der Waals surface area contributed by atoms with E-state index in [4.69, 9.17) is 0 Å². The molecular weight excluding hydrogens is 344 g/mol. The average Bonchev–Trinajstić information content (AvgIpc) is 2.58. The highest BCUT2D eigenvalue weighted by molar-refractivity contribution is 5.27. The van der Waals surface area contributed by atoms with E-state index in [0.717, 1.165) is 65.4 Å². The molecule has 0 unspecified atom stereocenters. The maximum absolute atomic E-state index is 3.25. The van der Waals surface area contributed by atoms with E-state index in [9.17, 15) is 0 Å². The Bertz CT molecular complexity index is 521. The lowest BCUT2D eigenvalue weighted by Gasteiger charge is -2.37. The van der Waals surface area contributed by atoms with Gasteiger partial charge in [0.15, 0.2) is 0 Å². The summed E-state index contributed by atoms with van der Waals surface area (Å²) in [5, 5.41) is 0. The smallest absolute Gasteiger partial charge is 0.0612 e. The number of hydrogen-bond donors (Lipinski definition) is 0. The SMILES string of the molecule is CC(C)(C)CN1CCN(CC#CC#CCN2CCN(CC(C)(C)C)CC2)CC1. The van der Waals surface area contributed by atoms with Gasteiger partial charge in [-0.05, 0) is 22.7 Å². The predicted molar refractivity (Wildman–Crippen MR) is 120 cm³/mol. The van der Waals surface area contributed by atoms with Crippen molar-refractivity contribution in [3.05, 3.63) is 0 Å². The molecule has 0 N–H and O–H groups in total. The summed E-state index contributed by atoms with van der Waals surface area (Å²) in [6, 6.07) is 0. The first-order valence-corrected chi connectivity index (χ1v) is 11.0. The molecule has 2 saturated heterocycles. The van der Waals surface area contributed by atoms with Gasteiger partial charge in [0.05, 0.1) is 13.1 Å². The summed E-state index contributed by atoms with van der Waals surface area (Å²) >= 11 is 0. The van der Waals surface area contributed by atoms with E-state index in [1.165, 1.54) is 13.1 Å². The quantitative estimate of drug-likeness (QED) is 0.688. The maximum Gasteiger partial charge on any atom is 0.0612 e. The minimum absolute atomic E-state index is 0.386. The van der Waals surface area contributed by atoms with Crippen LogP contribution in [0.15, 0.2) is 0 Å². The molecule has 28 heavy (non-hydrogen) atoms. The first-order chi connectivity index (χ1) is 13.1. The van der Waals surface area contributed by atoms with Gasteiger partial charge < -0.3 is 9.80 Å². The van der Waals surface area contributed by atoms with Crippen LogP contribution in [-0.2, 0) is 0 Å². The number of hydrogen-bond acceptors (Lipinski definition) is 4. The van der Waals surface area contributed by atoms with Gasteiger partial charge in [0.1, 0.15) is 0 Å². The first kappa shape index (κ1) is 23.2. The molecule has 0 atom stereocenters. The molecule has 2 fully saturated rings. The van der Waals surface area contributed by atoms with Gasteiger partial charge in [-0.15, -0.1) is 0 Å². The van der Waals surface area contributed by atoms with Crippen molar-refractivity contribution in [3.8, 4) is 23.7 Å². The molecule has 0 aromatic rings. The Labute approximate surface area is 174 Å². The van der Waals surface area contributed by atoms with Gasteiger partial charge in [-0.2, -0.15) is 0 Å². The summed E-state index contributed by atoms with van der Waals surface area (Å²) in [6.07, 6.45) is 0. The standard InChI is InChI=1S/C24H42N4/c1-23(2,3)21-27-17-13-25(14-18-27)11-9-7-8-10-12-26-15-19-28(20-16-26)22-24(4,5)6/h11-22H2,1-6H3. The molecule has 0 aromatic heterocycles. The average molecular weight is 387 g/mol. The summed E-state index contributed by atoms with van der Waals surface area (Å²) in [4.78, 5) is 10.0. The van der Waals surface area contributed by atoms with E-state index in [-0.39, 0.29) is 0 Å². The van der Waals surface area contributed by atoms with Crippen LogP contribution in [0, 0.1) is 34.5 Å². The van der Waals surface area contributed by atoms with Crippen molar-refractivity contribution in [3.63, 3.8) is 0 Å². The highest BCUT2D eigenvalue weighted by atomic mass is 15.3. The Kier molecular flexibility index (Phi) is 8.84. The minimum Gasteiger partial charge on any atom is -0.300 e. The zero-order valence-corrected chi connectivity index (χ0v) is 19.3. The van der Waals surface area contributed by atoms with Crippen LogP contribution in [0.1, 0.15) is 41.5 Å². The van der Waals surface area contributed by atoms with Gasteiger partial charge in [-0.25, -0.2) is 0 Å². The van der Waals surface area contributed by atoms with Gasteiger partial charge in [0.2, 0.25) is 0 Å². The van der Waals surface area contributed by atoms with E-state index in [2.05, 4.69) is 84.8 Å². The van der Waals surface area contributed by atoms with Crippen molar-refractivity contribution >= 4 is 0 Å². The van der Waals surface area contributed by atoms with Gasteiger partial charge in [0.25, 0.3) is 0 Å². The first-order valence-electron chi connectivity index (χ1n) is 11.0. The fourth-order valence-corrected chi connectivity index (χ4v) is 3.94. The van der Waals surface area contributed by atoms with Crippen LogP contribution in [0.4, 0.5) is 0 Å². The van der Waals surface area contributed by atoms with E-state index in [1.807, 2.05) is 0 Å². The molecular formula is C24H42N4. The minimum atomic E-state index is 0.386. The molecule has 0 bridgehead atoms. The van der Waals surface area contributed by atoms with Gasteiger partial charge in [-0.1, -0.05) is 53.4 Å². The molecule has 158 valence electrons. The topological polar surface area (TPSA) is 13.0 Å². The van der Waals surface area contributed by atoms with Gasteiger partial charge in [-0.3, -0.25) is 9.80 Å². The molecule has 0 radical (unpaired) electrons. The van der Waals surface area contributed by atoms with Crippen LogP contribution in [0.3, 0.4) is 0 Å². The monoisotopic (exact) mass is 386 g/mol. The summed E-state index contributed by atoms with van der Waals surface area (Å²) < 4.78 is 0. The van der Waals surface area contributed by atoms with Crippen molar-refractivity contribution in [2.45, 2.75) is 41.5 Å². The van der Waals surface area contributed by atoms with Crippen LogP contribution in [0.25, 0.3) is 0 Å². The number of rotatable bonds is 4. The van der Waals surface area contributed by atoms with Crippen LogP contribution in [0.5, 0.6) is 0 Å². The highest BCUT2D eigenvalue weighted by Crippen LogP contribution is 2.17. The summed E-state index contributed by atoms with van der Waals surface area (Å²) in [6.45, 7) is 27.1. The third-order valence-electron chi connectivity index (χ3n) is 5.17. The zero-order valence-electron chi connectivity index (χ0n) is 19.3. The van der Waals surface area contributed by atoms with Gasteiger partial charge >= 0.3 is 0 Å². The van der Waals surface area contributed by atoms with Crippen LogP contribution >= 0.6 is 0 Å². The van der Waals surface area contributed by atoms with Crippen molar-refractivity contribution in [2.75, 3.05) is 78.5 Å². The van der Waals surface area contributed by atoms with E-state index in [0.29, 0.717) is 10.8 Å². The Morgan fingerprint density at radius 2 is 0.786 bits per heavy atom. The van der Waals surface area contributed by atoms with Crippen LogP contribution < -0.4 is 0 Å². The molecule has 2 aliphatic heterocycles. The molecule has 0 amide bonds. The van der Waals surface area contributed by atoms with Crippen LogP contribution in [-0.4, -0.2) is 98.1 Å². The largest absolute Gasteiger partial charge is 0.300 e. The van der Waals surface area contributed by atoms with E-state index < -0.39 is 0 Å². The fraction of sp³-hybridized carbons (Fsp3) is 0.833. The normalized spacial score (nSPS) is 20.9. The molecule has 0 spiro atoms. The Morgan fingerprint density at radius 1 is 0.500 bits per heavy atom. The lowest BCUT2D eigenvalue weighted by atomic mass is 9.96. The van der Waals surface area contributed by atoms with Crippen molar-refractivity contribution in [2.24, 2.45) is 10.8 Å². The molecule has 4 nitrogen and oxygen atoms in total. The Hall–Kier alpha value is -1.04. The molecule has 4 heteroatoms. The van der Waals surface area contributed by atoms with E-state index in [1.54, 1.807) is 0 Å². The molecule has 0 aromatic carbocycles. The molecule has 0 saturated carbocycles. The predicted octanol–water partition coefficient (Wildman–Crippen LogP) is 2.32. The lowest BCUT2D eigenvalue weighted by Crippen LogP contribution is -2.48. The lowest BCUT2D eigenvalue weighted by molar-refractivity contribution is 0.110. The molecule has 2 heterocycles. The second-order valence-electron chi connectivity index (χ2n) is 10.8. The number of nitrogens with zero attached hydrogens (tertiary/aromatic N) is 4. The highest BCUT2D eigenvalue weighted by Gasteiger charge is 2.21. The van der Waals surface area contributed by atoms with Crippen molar-refractivity contribution < 1.29 is 0 Å². The fourth-order valence-electron chi connectivity index (χ4n) is 3.94. The maximum atomic E-state index is 3.25. The molecule has 2 rings (SSSR count).